The summed E-state index contributed by atoms with van der Waals surface area (Å²) in [5.41, 5.74) is 22.4. The summed E-state index contributed by atoms with van der Waals surface area (Å²) in [5.74, 6) is 1.11. The summed E-state index contributed by atoms with van der Waals surface area (Å²) >= 11 is 0. The van der Waals surface area contributed by atoms with Gasteiger partial charge in [0.05, 0.1) is 0 Å². The lowest BCUT2D eigenvalue weighted by atomic mass is 9.84. The summed E-state index contributed by atoms with van der Waals surface area (Å²) in [5, 5.41) is 3.59. The van der Waals surface area contributed by atoms with Gasteiger partial charge in [-0.25, -0.2) is 0 Å². The molecule has 0 saturated heterocycles. The van der Waals surface area contributed by atoms with Crippen molar-refractivity contribution in [2.45, 2.75) is 38.5 Å². The Bertz CT molecular complexity index is 3540. The van der Waals surface area contributed by atoms with Crippen molar-refractivity contribution in [3.63, 3.8) is 0 Å². The molecule has 3 nitrogen and oxygen atoms in total. The second kappa shape index (κ2) is 15.4. The maximum absolute atomic E-state index is 6.66. The normalized spacial score (nSPS) is 14.2. The Morgan fingerprint density at radius 1 is 0.385 bits per heavy atom. The van der Waals surface area contributed by atoms with E-state index in [4.69, 9.17) is 8.83 Å². The number of rotatable bonds is 7. The number of nitrogens with zero attached hydrogens (tertiary/aromatic N) is 1. The number of anilines is 3. The first-order chi connectivity index (χ1) is 32.2. The van der Waals surface area contributed by atoms with Crippen LogP contribution in [-0.2, 0) is 12.8 Å². The van der Waals surface area contributed by atoms with Crippen LogP contribution in [0.3, 0.4) is 0 Å². The highest BCUT2D eigenvalue weighted by atomic mass is 16.3. The van der Waals surface area contributed by atoms with Gasteiger partial charge in [-0.1, -0.05) is 146 Å². The number of aryl methyl sites for hydroxylation is 2. The lowest BCUT2D eigenvalue weighted by Gasteiger charge is -2.26. The van der Waals surface area contributed by atoms with Gasteiger partial charge in [0, 0.05) is 44.3 Å². The van der Waals surface area contributed by atoms with Crippen molar-refractivity contribution in [1.29, 1.82) is 0 Å². The predicted octanol–water partition coefficient (Wildman–Crippen LogP) is 17.5. The Morgan fingerprint density at radius 3 is 1.54 bits per heavy atom. The van der Waals surface area contributed by atoms with Crippen LogP contribution in [0.15, 0.2) is 209 Å². The number of hydrogen-bond acceptors (Lipinski definition) is 3. The Hall–Kier alpha value is -7.88. The zero-order chi connectivity index (χ0) is 42.8. The fourth-order valence-electron chi connectivity index (χ4n) is 10.6. The van der Waals surface area contributed by atoms with Crippen LogP contribution in [0.1, 0.15) is 48.1 Å². The lowest BCUT2D eigenvalue weighted by Crippen LogP contribution is -2.09. The van der Waals surface area contributed by atoms with E-state index in [9.17, 15) is 0 Å². The van der Waals surface area contributed by atoms with E-state index < -0.39 is 0 Å². The highest BCUT2D eigenvalue weighted by molar-refractivity contribution is 6.08. The molecule has 0 fully saturated rings. The Balaban J connectivity index is 0.839. The summed E-state index contributed by atoms with van der Waals surface area (Å²) < 4.78 is 13.2. The molecule has 3 aliphatic carbocycles. The van der Waals surface area contributed by atoms with E-state index in [-0.39, 0.29) is 0 Å². The van der Waals surface area contributed by atoms with Crippen LogP contribution in [0.2, 0.25) is 0 Å². The largest absolute Gasteiger partial charge is 0.456 e. The Labute approximate surface area is 378 Å². The van der Waals surface area contributed by atoms with Gasteiger partial charge in [0.1, 0.15) is 22.5 Å². The SMILES string of the molecule is C1=CC2=C(CC1)c1oc3cc(-c4ccc(N(c5ccc(-c6ccc(-c7ccccc7)cc6)cc5)c5ccc(-c6ccc7c(c6)oc6c8c(ccc67)CCC=C8)cc5)cc4)ccc3c1CC2. The molecular weight excluding hydrogens is 791 g/mol. The van der Waals surface area contributed by atoms with Gasteiger partial charge >= 0.3 is 0 Å². The highest BCUT2D eigenvalue weighted by Gasteiger charge is 2.25. The molecule has 2 aromatic heterocycles. The molecule has 0 unspecified atom stereocenters. The second-order valence-corrected chi connectivity index (χ2v) is 17.8. The van der Waals surface area contributed by atoms with E-state index >= 15 is 0 Å². The van der Waals surface area contributed by atoms with E-state index in [1.54, 1.807) is 0 Å². The van der Waals surface area contributed by atoms with Gasteiger partial charge in [-0.2, -0.15) is 0 Å². The molecule has 0 amide bonds. The molecule has 2 heterocycles. The summed E-state index contributed by atoms with van der Waals surface area (Å²) in [6, 6.07) is 64.2. The molecule has 0 saturated carbocycles. The topological polar surface area (TPSA) is 29.5 Å². The molecule has 3 aliphatic rings. The van der Waals surface area contributed by atoms with E-state index in [0.717, 1.165) is 106 Å². The van der Waals surface area contributed by atoms with Crippen LogP contribution in [0, 0.1) is 0 Å². The van der Waals surface area contributed by atoms with Gasteiger partial charge < -0.3 is 13.7 Å². The monoisotopic (exact) mass is 835 g/mol. The highest BCUT2D eigenvalue weighted by Crippen LogP contribution is 2.44. The van der Waals surface area contributed by atoms with Gasteiger partial charge in [0.15, 0.2) is 0 Å². The fraction of sp³-hybridized carbons (Fsp3) is 0.0968. The Morgan fingerprint density at radius 2 is 0.892 bits per heavy atom. The maximum atomic E-state index is 6.66. The van der Waals surface area contributed by atoms with Crippen molar-refractivity contribution in [1.82, 2.24) is 0 Å². The van der Waals surface area contributed by atoms with Crippen LogP contribution in [-0.4, -0.2) is 0 Å². The molecule has 0 bridgehead atoms. The zero-order valence-electron chi connectivity index (χ0n) is 36.1. The number of benzene rings is 8. The van der Waals surface area contributed by atoms with Gasteiger partial charge in [-0.15, -0.1) is 0 Å². The minimum absolute atomic E-state index is 0.921. The van der Waals surface area contributed by atoms with Crippen LogP contribution in [0.4, 0.5) is 17.1 Å². The smallest absolute Gasteiger partial charge is 0.142 e. The molecule has 8 aromatic carbocycles. The van der Waals surface area contributed by atoms with Crippen molar-refractivity contribution >= 4 is 61.6 Å². The molecule has 65 heavy (non-hydrogen) atoms. The first-order valence-corrected chi connectivity index (χ1v) is 23.0. The standard InChI is InChI=1S/C62H45NO2/c1-2-8-40(9-3-1)41-14-16-42(17-15-41)43-18-28-50(29-19-43)63(51-30-20-44(21-31-51)48-26-34-55-57-36-24-46-10-4-6-12-53(46)61(57)64-59(55)38-48)52-32-22-45(23-33-52)49-27-35-56-58-37-25-47-11-5-7-13-54(47)62(58)65-60(56)39-49/h1-4,7-10,13-23,25-35,37-39H,5-6,11-12,24,36H2. The Kier molecular flexibility index (Phi) is 8.94. The summed E-state index contributed by atoms with van der Waals surface area (Å²) in [6.07, 6.45) is 15.5. The molecular formula is C62H45NO2. The van der Waals surface area contributed by atoms with Crippen molar-refractivity contribution in [3.8, 4) is 44.5 Å². The molecule has 0 N–H and O–H groups in total. The van der Waals surface area contributed by atoms with Crippen LogP contribution >= 0.6 is 0 Å². The molecule has 0 aliphatic heterocycles. The number of fused-ring (bicyclic) bond motifs is 9. The number of furan rings is 2. The third kappa shape index (κ3) is 6.57. The molecule has 310 valence electrons. The maximum Gasteiger partial charge on any atom is 0.142 e. The quantitative estimate of drug-likeness (QED) is 0.160. The average Bonchev–Trinajstić information content (AvgIpc) is 3.96. The lowest BCUT2D eigenvalue weighted by molar-refractivity contribution is 0.583. The zero-order valence-corrected chi connectivity index (χ0v) is 36.1. The van der Waals surface area contributed by atoms with Crippen LogP contribution in [0.5, 0.6) is 0 Å². The van der Waals surface area contributed by atoms with E-state index in [2.05, 4.69) is 205 Å². The van der Waals surface area contributed by atoms with Crippen molar-refractivity contribution in [2.75, 3.05) is 4.90 Å². The van der Waals surface area contributed by atoms with Crippen LogP contribution in [0.25, 0.3) is 89.1 Å². The van der Waals surface area contributed by atoms with Crippen molar-refractivity contribution < 1.29 is 8.83 Å². The van der Waals surface area contributed by atoms with E-state index in [1.807, 2.05) is 0 Å². The molecule has 10 aromatic rings. The van der Waals surface area contributed by atoms with Crippen LogP contribution < -0.4 is 4.90 Å². The summed E-state index contributed by atoms with van der Waals surface area (Å²) in [7, 11) is 0. The van der Waals surface area contributed by atoms with Gasteiger partial charge in [-0.3, -0.25) is 0 Å². The fourth-order valence-corrected chi connectivity index (χ4v) is 10.6. The van der Waals surface area contributed by atoms with E-state index in [1.165, 1.54) is 60.9 Å². The molecule has 0 radical (unpaired) electrons. The third-order valence-electron chi connectivity index (χ3n) is 14.0. The predicted molar refractivity (Wildman–Crippen MR) is 271 cm³/mol. The average molecular weight is 836 g/mol. The third-order valence-corrected chi connectivity index (χ3v) is 14.0. The molecule has 0 atom stereocenters. The van der Waals surface area contributed by atoms with Gasteiger partial charge in [0.25, 0.3) is 0 Å². The second-order valence-electron chi connectivity index (χ2n) is 17.8. The minimum atomic E-state index is 0.921. The first-order valence-electron chi connectivity index (χ1n) is 23.0. The summed E-state index contributed by atoms with van der Waals surface area (Å²) in [4.78, 5) is 2.35. The van der Waals surface area contributed by atoms with Gasteiger partial charge in [0.2, 0.25) is 0 Å². The molecule has 13 rings (SSSR count). The molecule has 0 spiro atoms. The number of hydrogen-bond donors (Lipinski definition) is 0. The molecule has 3 heteroatoms. The van der Waals surface area contributed by atoms with E-state index in [0.29, 0.717) is 0 Å². The van der Waals surface area contributed by atoms with Crippen molar-refractivity contribution in [2.24, 2.45) is 0 Å². The van der Waals surface area contributed by atoms with Gasteiger partial charge in [-0.05, 0) is 154 Å². The minimum Gasteiger partial charge on any atom is -0.456 e. The summed E-state index contributed by atoms with van der Waals surface area (Å²) in [6.45, 7) is 0. The number of allylic oxidation sites excluding steroid dienone is 5. The first kappa shape index (κ1) is 37.7. The van der Waals surface area contributed by atoms with Crippen molar-refractivity contribution in [3.05, 3.63) is 222 Å².